The van der Waals surface area contributed by atoms with Crippen molar-refractivity contribution in [3.63, 3.8) is 0 Å². The summed E-state index contributed by atoms with van der Waals surface area (Å²) in [4.78, 5) is 26.1. The summed E-state index contributed by atoms with van der Waals surface area (Å²) in [6, 6.07) is 18.8. The number of benzene rings is 3. The van der Waals surface area contributed by atoms with Crippen LogP contribution in [0.15, 0.2) is 70.0 Å². The van der Waals surface area contributed by atoms with E-state index in [-0.39, 0.29) is 4.32 Å². The number of amides is 2. The Hall–Kier alpha value is -3.14. The van der Waals surface area contributed by atoms with Crippen LogP contribution in [0.5, 0.6) is 11.5 Å². The number of nitrogens with one attached hydrogen (secondary N) is 1. The number of carbonyl (C=O) groups is 2. The summed E-state index contributed by atoms with van der Waals surface area (Å²) >= 11 is 10.1. The topological polar surface area (TPSA) is 67.9 Å². The molecule has 190 valence electrons. The largest absolute Gasteiger partial charge is 0.490 e. The van der Waals surface area contributed by atoms with E-state index in [1.165, 1.54) is 0 Å². The van der Waals surface area contributed by atoms with Gasteiger partial charge in [0.25, 0.3) is 11.8 Å². The second-order valence-electron chi connectivity index (χ2n) is 8.30. The molecule has 1 fully saturated rings. The average molecular weight is 598 g/mol. The van der Waals surface area contributed by atoms with Gasteiger partial charge in [0.05, 0.1) is 16.0 Å². The lowest BCUT2D eigenvalue weighted by Crippen LogP contribution is -2.44. The van der Waals surface area contributed by atoms with Crippen molar-refractivity contribution in [1.29, 1.82) is 0 Å². The fourth-order valence-electron chi connectivity index (χ4n) is 3.58. The van der Waals surface area contributed by atoms with E-state index in [2.05, 4.69) is 21.4 Å². The van der Waals surface area contributed by atoms with Gasteiger partial charge in [-0.3, -0.25) is 15.0 Å². The molecule has 37 heavy (non-hydrogen) atoms. The molecule has 1 aliphatic rings. The average Bonchev–Trinajstić information content (AvgIpc) is 3.12. The highest BCUT2D eigenvalue weighted by molar-refractivity contribution is 9.10. The number of carbonyl (C=O) groups excluding carboxylic acids is 2. The minimum Gasteiger partial charge on any atom is -0.490 e. The van der Waals surface area contributed by atoms with Crippen LogP contribution in [0.1, 0.15) is 39.5 Å². The highest BCUT2D eigenvalue weighted by Gasteiger charge is 2.34. The molecule has 3 aromatic rings. The van der Waals surface area contributed by atoms with Crippen molar-refractivity contribution >= 4 is 62.1 Å². The number of thiocarbonyl (C=S) groups is 1. The molecule has 0 aliphatic carbocycles. The highest BCUT2D eigenvalue weighted by Crippen LogP contribution is 2.39. The molecule has 1 saturated heterocycles. The molecule has 3 aromatic carbocycles. The zero-order valence-electron chi connectivity index (χ0n) is 20.5. The first-order valence-corrected chi connectivity index (χ1v) is 13.6. The monoisotopic (exact) mass is 596 g/mol. The molecule has 1 heterocycles. The number of aryl methyl sites for hydroxylation is 2. The van der Waals surface area contributed by atoms with Crippen molar-refractivity contribution in [2.75, 3.05) is 6.61 Å². The lowest BCUT2D eigenvalue weighted by molar-refractivity contribution is -0.123. The van der Waals surface area contributed by atoms with Crippen molar-refractivity contribution < 1.29 is 19.1 Å². The van der Waals surface area contributed by atoms with Gasteiger partial charge in [0.15, 0.2) is 15.8 Å². The zero-order chi connectivity index (χ0) is 26.5. The maximum atomic E-state index is 13.1. The first-order chi connectivity index (χ1) is 17.8. The highest BCUT2D eigenvalue weighted by atomic mass is 79.9. The summed E-state index contributed by atoms with van der Waals surface area (Å²) in [6.07, 6.45) is 1.72. The van der Waals surface area contributed by atoms with Crippen LogP contribution < -0.4 is 14.9 Å². The number of halogens is 1. The first kappa shape index (κ1) is 26.9. The van der Waals surface area contributed by atoms with Crippen LogP contribution in [0.3, 0.4) is 0 Å². The van der Waals surface area contributed by atoms with Gasteiger partial charge < -0.3 is 9.47 Å². The van der Waals surface area contributed by atoms with E-state index >= 15 is 0 Å². The van der Waals surface area contributed by atoms with Gasteiger partial charge in [0, 0.05) is 5.56 Å². The van der Waals surface area contributed by atoms with Crippen molar-refractivity contribution in [3.8, 4) is 11.5 Å². The third-order valence-electron chi connectivity index (χ3n) is 5.58. The Bertz CT molecular complexity index is 1390. The molecule has 9 heteroatoms. The molecule has 0 saturated carbocycles. The second kappa shape index (κ2) is 11.9. The number of hydrogen-bond acceptors (Lipinski definition) is 6. The number of thioether (sulfide) groups is 1. The number of hydrogen-bond donors (Lipinski definition) is 1. The number of nitrogens with zero attached hydrogens (tertiary/aromatic N) is 1. The van der Waals surface area contributed by atoms with Gasteiger partial charge in [-0.15, -0.1) is 0 Å². The minimum absolute atomic E-state index is 0.249. The van der Waals surface area contributed by atoms with Gasteiger partial charge in [-0.05, 0) is 96.0 Å². The van der Waals surface area contributed by atoms with E-state index in [4.69, 9.17) is 21.7 Å². The third kappa shape index (κ3) is 6.41. The summed E-state index contributed by atoms with van der Waals surface area (Å²) in [6.45, 7) is 6.72. The summed E-state index contributed by atoms with van der Waals surface area (Å²) in [5, 5.41) is 1.10. The predicted octanol–water partition coefficient (Wildman–Crippen LogP) is 6.59. The molecule has 0 aromatic heterocycles. The van der Waals surface area contributed by atoms with Crippen LogP contribution in [0.2, 0.25) is 0 Å². The maximum absolute atomic E-state index is 13.1. The van der Waals surface area contributed by atoms with Gasteiger partial charge in [-0.1, -0.05) is 53.7 Å². The number of hydrazine groups is 1. The summed E-state index contributed by atoms with van der Waals surface area (Å²) in [5.74, 6) is 0.332. The van der Waals surface area contributed by atoms with Crippen LogP contribution in [0, 0.1) is 13.8 Å². The van der Waals surface area contributed by atoms with Crippen molar-refractivity contribution in [2.45, 2.75) is 27.4 Å². The molecule has 2 amide bonds. The molecule has 0 radical (unpaired) electrons. The molecule has 0 unspecified atom stereocenters. The van der Waals surface area contributed by atoms with Crippen molar-refractivity contribution in [2.24, 2.45) is 0 Å². The van der Waals surface area contributed by atoms with Gasteiger partial charge >= 0.3 is 0 Å². The Balaban J connectivity index is 1.53. The summed E-state index contributed by atoms with van der Waals surface area (Å²) in [5.41, 5.74) is 7.03. The zero-order valence-corrected chi connectivity index (χ0v) is 23.8. The Morgan fingerprint density at radius 3 is 2.54 bits per heavy atom. The van der Waals surface area contributed by atoms with Gasteiger partial charge in [-0.2, -0.15) is 5.01 Å². The molecular weight excluding hydrogens is 572 g/mol. The lowest BCUT2D eigenvalue weighted by atomic mass is 10.1. The van der Waals surface area contributed by atoms with Gasteiger partial charge in [0.1, 0.15) is 6.61 Å². The second-order valence-corrected chi connectivity index (χ2v) is 10.8. The van der Waals surface area contributed by atoms with Crippen LogP contribution in [-0.4, -0.2) is 27.8 Å². The van der Waals surface area contributed by atoms with Crippen LogP contribution in [-0.2, 0) is 11.4 Å². The molecule has 4 rings (SSSR count). The van der Waals surface area contributed by atoms with E-state index < -0.39 is 11.8 Å². The minimum atomic E-state index is -0.408. The Morgan fingerprint density at radius 1 is 1.11 bits per heavy atom. The molecule has 1 aliphatic heterocycles. The van der Waals surface area contributed by atoms with Gasteiger partial charge in [0.2, 0.25) is 0 Å². The molecule has 1 N–H and O–H groups in total. The standard InChI is InChI=1S/C28H25BrN2O4S2/c1-4-34-23-14-19(13-22(29)25(23)35-16-21-8-6-5-7-18(21)3)15-24-27(33)31(28(36)37-24)30-26(32)20-11-9-17(2)10-12-20/h5-15H,4,16H2,1-3H3,(H,30,32)/b24-15-. The molecule has 0 spiro atoms. The van der Waals surface area contributed by atoms with E-state index in [0.29, 0.717) is 39.7 Å². The summed E-state index contributed by atoms with van der Waals surface area (Å²) in [7, 11) is 0. The Morgan fingerprint density at radius 2 is 1.84 bits per heavy atom. The predicted molar refractivity (Wildman–Crippen MR) is 154 cm³/mol. The SMILES string of the molecule is CCOc1cc(/C=C2\SC(=S)N(NC(=O)c3ccc(C)cc3)C2=O)cc(Br)c1OCc1ccccc1C. The van der Waals surface area contributed by atoms with E-state index in [0.717, 1.165) is 39.0 Å². The van der Waals surface area contributed by atoms with Crippen LogP contribution in [0.4, 0.5) is 0 Å². The normalized spacial score (nSPS) is 14.3. The first-order valence-electron chi connectivity index (χ1n) is 11.6. The Labute approximate surface area is 234 Å². The Kier molecular flexibility index (Phi) is 8.68. The van der Waals surface area contributed by atoms with Crippen LogP contribution >= 0.6 is 39.9 Å². The fourth-order valence-corrected chi connectivity index (χ4v) is 5.34. The molecular formula is C28H25BrN2O4S2. The van der Waals surface area contributed by atoms with E-state index in [1.54, 1.807) is 18.2 Å². The van der Waals surface area contributed by atoms with Crippen molar-refractivity contribution in [1.82, 2.24) is 10.4 Å². The van der Waals surface area contributed by atoms with Crippen LogP contribution in [0.25, 0.3) is 6.08 Å². The number of ether oxygens (including phenoxy) is 2. The van der Waals surface area contributed by atoms with E-state index in [1.807, 2.05) is 69.3 Å². The van der Waals surface area contributed by atoms with Crippen molar-refractivity contribution in [3.05, 3.63) is 97.9 Å². The number of rotatable bonds is 8. The molecule has 6 nitrogen and oxygen atoms in total. The summed E-state index contributed by atoms with van der Waals surface area (Å²) < 4.78 is 12.9. The van der Waals surface area contributed by atoms with E-state index in [9.17, 15) is 9.59 Å². The molecule has 0 atom stereocenters. The lowest BCUT2D eigenvalue weighted by Gasteiger charge is -2.16. The quantitative estimate of drug-likeness (QED) is 0.234. The molecule has 0 bridgehead atoms. The van der Waals surface area contributed by atoms with Gasteiger partial charge in [-0.25, -0.2) is 0 Å². The third-order valence-corrected chi connectivity index (χ3v) is 7.47. The maximum Gasteiger partial charge on any atom is 0.285 e. The smallest absolute Gasteiger partial charge is 0.285 e. The fraction of sp³-hybridized carbons (Fsp3) is 0.179.